The zero-order valence-electron chi connectivity index (χ0n) is 29.3. The summed E-state index contributed by atoms with van der Waals surface area (Å²) >= 11 is 0. The summed E-state index contributed by atoms with van der Waals surface area (Å²) < 4.78 is 6.57. The Kier molecular flexibility index (Phi) is 6.77. The molecule has 9 aromatic rings. The Morgan fingerprint density at radius 2 is 0.926 bits per heavy atom. The quantitative estimate of drug-likeness (QED) is 0.185. The van der Waals surface area contributed by atoms with Crippen LogP contribution in [0.1, 0.15) is 22.3 Å². The zero-order chi connectivity index (χ0) is 35.6. The van der Waals surface area contributed by atoms with Crippen molar-refractivity contribution in [1.82, 2.24) is 9.97 Å². The van der Waals surface area contributed by atoms with E-state index in [0.717, 1.165) is 50.7 Å². The van der Waals surface area contributed by atoms with Gasteiger partial charge in [0.25, 0.3) is 0 Å². The lowest BCUT2D eigenvalue weighted by Crippen LogP contribution is -2.32. The minimum Gasteiger partial charge on any atom is -0.457 e. The first-order chi connectivity index (χ1) is 26.8. The Labute approximate surface area is 313 Å². The summed E-state index contributed by atoms with van der Waals surface area (Å²) in [4.78, 5) is 10.5. The number of rotatable bonds is 4. The molecule has 0 saturated heterocycles. The Morgan fingerprint density at radius 3 is 1.70 bits per heavy atom. The van der Waals surface area contributed by atoms with E-state index in [-0.39, 0.29) is 0 Å². The van der Waals surface area contributed by atoms with E-state index in [1.165, 1.54) is 44.2 Å². The second kappa shape index (κ2) is 12.0. The molecular weight excluding hydrogens is 657 g/mol. The molecule has 3 heteroatoms. The van der Waals surface area contributed by atoms with Gasteiger partial charge in [-0.25, -0.2) is 9.97 Å². The maximum atomic E-state index is 6.57. The Bertz CT molecular complexity index is 2870. The lowest BCUT2D eigenvalue weighted by atomic mass is 9.66. The van der Waals surface area contributed by atoms with Crippen molar-refractivity contribution in [3.8, 4) is 67.7 Å². The van der Waals surface area contributed by atoms with Crippen LogP contribution in [-0.2, 0) is 5.41 Å². The Morgan fingerprint density at radius 1 is 0.352 bits per heavy atom. The molecule has 2 aliphatic rings. The molecular formula is C51H32N2O. The van der Waals surface area contributed by atoms with Gasteiger partial charge in [0.05, 0.1) is 16.8 Å². The second-order valence-electron chi connectivity index (χ2n) is 14.1. The van der Waals surface area contributed by atoms with E-state index in [4.69, 9.17) is 14.7 Å². The van der Waals surface area contributed by atoms with Crippen molar-refractivity contribution in [2.45, 2.75) is 5.41 Å². The van der Waals surface area contributed by atoms with E-state index in [9.17, 15) is 0 Å². The highest BCUT2D eigenvalue weighted by Crippen LogP contribution is 2.63. The van der Waals surface area contributed by atoms with Crippen molar-refractivity contribution >= 4 is 10.8 Å². The summed E-state index contributed by atoms with van der Waals surface area (Å²) in [5.41, 5.74) is 13.8. The highest BCUT2D eigenvalue weighted by molar-refractivity contribution is 5.96. The Balaban J connectivity index is 1.12. The lowest BCUT2D eigenvalue weighted by Gasteiger charge is -2.39. The third-order valence-corrected chi connectivity index (χ3v) is 11.2. The molecule has 0 amide bonds. The van der Waals surface area contributed by atoms with Crippen LogP contribution in [-0.4, -0.2) is 9.97 Å². The average Bonchev–Trinajstić information content (AvgIpc) is 3.54. The van der Waals surface area contributed by atoms with Gasteiger partial charge in [0.15, 0.2) is 5.82 Å². The van der Waals surface area contributed by atoms with Gasteiger partial charge in [-0.2, -0.15) is 0 Å². The van der Waals surface area contributed by atoms with E-state index in [2.05, 4.69) is 176 Å². The molecule has 0 fully saturated rings. The first kappa shape index (κ1) is 30.5. The van der Waals surface area contributed by atoms with Gasteiger partial charge in [0, 0.05) is 27.8 Å². The van der Waals surface area contributed by atoms with Crippen molar-refractivity contribution < 1.29 is 4.74 Å². The fraction of sp³-hybridized carbons (Fsp3) is 0.0196. The number of fused-ring (bicyclic) bond motifs is 10. The van der Waals surface area contributed by atoms with Gasteiger partial charge >= 0.3 is 0 Å². The third kappa shape index (κ3) is 4.55. The molecule has 0 N–H and O–H groups in total. The first-order valence-electron chi connectivity index (χ1n) is 18.4. The minimum absolute atomic E-state index is 0.551. The van der Waals surface area contributed by atoms with Crippen molar-refractivity contribution in [2.24, 2.45) is 0 Å². The van der Waals surface area contributed by atoms with Gasteiger partial charge < -0.3 is 4.74 Å². The molecule has 1 aromatic heterocycles. The number of aromatic nitrogens is 2. The van der Waals surface area contributed by atoms with Gasteiger partial charge in [-0.3, -0.25) is 0 Å². The SMILES string of the molecule is c1ccc(-c2nc(-c3ccc(-c4ccc5ccccc5c4)cc3)cc(-c3cccc4c3-c3ccccc3C43c4ccccc4Oc4ccccc43)n2)cc1. The molecule has 54 heavy (non-hydrogen) atoms. The van der Waals surface area contributed by atoms with Crippen LogP contribution in [0.15, 0.2) is 194 Å². The second-order valence-corrected chi connectivity index (χ2v) is 14.1. The predicted octanol–water partition coefficient (Wildman–Crippen LogP) is 12.8. The molecule has 1 aliphatic heterocycles. The summed E-state index contributed by atoms with van der Waals surface area (Å²) in [6.07, 6.45) is 0. The highest BCUT2D eigenvalue weighted by Gasteiger charge is 2.51. The molecule has 0 bridgehead atoms. The number of hydrogen-bond acceptors (Lipinski definition) is 3. The molecule has 0 atom stereocenters. The van der Waals surface area contributed by atoms with Gasteiger partial charge in [-0.05, 0) is 68.4 Å². The monoisotopic (exact) mass is 688 g/mol. The number of ether oxygens (including phenoxy) is 1. The van der Waals surface area contributed by atoms with Crippen LogP contribution >= 0.6 is 0 Å². The normalized spacial score (nSPS) is 13.1. The van der Waals surface area contributed by atoms with Gasteiger partial charge in [0.2, 0.25) is 0 Å². The highest BCUT2D eigenvalue weighted by atomic mass is 16.5. The van der Waals surface area contributed by atoms with Crippen LogP contribution in [0, 0.1) is 0 Å². The summed E-state index contributed by atoms with van der Waals surface area (Å²) in [6.45, 7) is 0. The fourth-order valence-electron chi connectivity index (χ4n) is 8.77. The van der Waals surface area contributed by atoms with Gasteiger partial charge in [-0.1, -0.05) is 170 Å². The van der Waals surface area contributed by atoms with Crippen molar-refractivity contribution in [1.29, 1.82) is 0 Å². The third-order valence-electron chi connectivity index (χ3n) is 11.2. The van der Waals surface area contributed by atoms with Crippen molar-refractivity contribution in [3.63, 3.8) is 0 Å². The predicted molar refractivity (Wildman–Crippen MR) is 219 cm³/mol. The molecule has 252 valence electrons. The molecule has 2 heterocycles. The molecule has 1 spiro atoms. The van der Waals surface area contributed by atoms with Crippen LogP contribution in [0.25, 0.3) is 66.9 Å². The van der Waals surface area contributed by atoms with E-state index in [1.807, 2.05) is 18.2 Å². The van der Waals surface area contributed by atoms with Crippen LogP contribution in [0.4, 0.5) is 0 Å². The summed E-state index contributed by atoms with van der Waals surface area (Å²) in [6, 6.07) is 68.9. The first-order valence-corrected chi connectivity index (χ1v) is 18.4. The van der Waals surface area contributed by atoms with Crippen LogP contribution in [0.3, 0.4) is 0 Å². The fourth-order valence-corrected chi connectivity index (χ4v) is 8.77. The maximum absolute atomic E-state index is 6.57. The number of hydrogen-bond donors (Lipinski definition) is 0. The lowest BCUT2D eigenvalue weighted by molar-refractivity contribution is 0.436. The van der Waals surface area contributed by atoms with E-state index in [0.29, 0.717) is 5.82 Å². The molecule has 0 unspecified atom stereocenters. The van der Waals surface area contributed by atoms with Crippen molar-refractivity contribution in [2.75, 3.05) is 0 Å². The number of para-hydroxylation sites is 2. The van der Waals surface area contributed by atoms with Crippen LogP contribution < -0.4 is 4.74 Å². The molecule has 8 aromatic carbocycles. The van der Waals surface area contributed by atoms with E-state index in [1.54, 1.807) is 0 Å². The zero-order valence-corrected chi connectivity index (χ0v) is 29.3. The molecule has 0 saturated carbocycles. The average molecular weight is 689 g/mol. The van der Waals surface area contributed by atoms with Crippen LogP contribution in [0.5, 0.6) is 11.5 Å². The summed E-state index contributed by atoms with van der Waals surface area (Å²) in [5.74, 6) is 2.46. The standard InChI is InChI=1S/C51H32N2O/c1-2-14-36(15-3-1)50-52-45(35-28-25-34(26-29-35)38-30-27-33-13-4-5-16-37(33)31-38)32-46(53-50)40-18-12-22-44-49(40)39-17-6-7-19-41(39)51(44)42-20-8-10-23-47(42)54-48-24-11-9-21-43(48)51/h1-32H. The van der Waals surface area contributed by atoms with E-state index >= 15 is 0 Å². The molecule has 0 radical (unpaired) electrons. The van der Waals surface area contributed by atoms with Crippen molar-refractivity contribution in [3.05, 3.63) is 216 Å². The number of benzene rings is 8. The summed E-state index contributed by atoms with van der Waals surface area (Å²) in [7, 11) is 0. The summed E-state index contributed by atoms with van der Waals surface area (Å²) in [5, 5.41) is 2.48. The van der Waals surface area contributed by atoms with Crippen LogP contribution in [0.2, 0.25) is 0 Å². The number of nitrogens with zero attached hydrogens (tertiary/aromatic N) is 2. The largest absolute Gasteiger partial charge is 0.457 e. The van der Waals surface area contributed by atoms with Gasteiger partial charge in [-0.15, -0.1) is 0 Å². The Hall–Kier alpha value is -7.10. The molecule has 11 rings (SSSR count). The smallest absolute Gasteiger partial charge is 0.160 e. The topological polar surface area (TPSA) is 35.0 Å². The van der Waals surface area contributed by atoms with Gasteiger partial charge in [0.1, 0.15) is 11.5 Å². The van der Waals surface area contributed by atoms with E-state index < -0.39 is 5.41 Å². The minimum atomic E-state index is -0.551. The molecule has 3 nitrogen and oxygen atoms in total. The molecule has 1 aliphatic carbocycles. The maximum Gasteiger partial charge on any atom is 0.160 e.